The molecule has 0 amide bonds. The summed E-state index contributed by atoms with van der Waals surface area (Å²) in [6.07, 6.45) is 1.52. The first-order valence-corrected chi connectivity index (χ1v) is 9.16. The average Bonchev–Trinajstić information content (AvgIpc) is 3.06. The fourth-order valence-electron chi connectivity index (χ4n) is 3.04. The summed E-state index contributed by atoms with van der Waals surface area (Å²) in [6.45, 7) is 2.40. The Balaban J connectivity index is 1.97. The van der Waals surface area contributed by atoms with Gasteiger partial charge in [0.15, 0.2) is 0 Å². The van der Waals surface area contributed by atoms with Crippen LogP contribution in [0.15, 0.2) is 53.4 Å². The van der Waals surface area contributed by atoms with Gasteiger partial charge in [-0.05, 0) is 31.4 Å². The SMILES string of the molecule is Cc1ccc([C@@H]2CCCN2S(=O)(=O)c2cccc([N+](=O)[O-])c2)cc1. The van der Waals surface area contributed by atoms with Crippen LogP contribution in [0.1, 0.15) is 30.0 Å². The average molecular weight is 346 g/mol. The van der Waals surface area contributed by atoms with Gasteiger partial charge in [0, 0.05) is 18.7 Å². The molecule has 6 nitrogen and oxygen atoms in total. The van der Waals surface area contributed by atoms with Crippen molar-refractivity contribution in [2.45, 2.75) is 30.7 Å². The van der Waals surface area contributed by atoms with Gasteiger partial charge in [0.2, 0.25) is 10.0 Å². The molecule has 0 radical (unpaired) electrons. The highest BCUT2D eigenvalue weighted by atomic mass is 32.2. The van der Waals surface area contributed by atoms with Gasteiger partial charge in [-0.15, -0.1) is 0 Å². The van der Waals surface area contributed by atoms with Crippen LogP contribution in [-0.2, 0) is 10.0 Å². The van der Waals surface area contributed by atoms with Crippen molar-refractivity contribution in [2.24, 2.45) is 0 Å². The molecular formula is C17H18N2O4S. The summed E-state index contributed by atoms with van der Waals surface area (Å²) in [5, 5.41) is 10.9. The van der Waals surface area contributed by atoms with Crippen molar-refractivity contribution in [1.82, 2.24) is 4.31 Å². The van der Waals surface area contributed by atoms with Gasteiger partial charge in [-0.25, -0.2) is 8.42 Å². The Hall–Kier alpha value is -2.25. The van der Waals surface area contributed by atoms with Crippen molar-refractivity contribution in [3.63, 3.8) is 0 Å². The molecule has 0 aliphatic carbocycles. The van der Waals surface area contributed by atoms with Gasteiger partial charge in [0.1, 0.15) is 0 Å². The Bertz CT molecular complexity index is 862. The van der Waals surface area contributed by atoms with Crippen molar-refractivity contribution in [3.8, 4) is 0 Å². The number of non-ortho nitro benzene ring substituents is 1. The van der Waals surface area contributed by atoms with Crippen LogP contribution < -0.4 is 0 Å². The predicted molar refractivity (Wildman–Crippen MR) is 90.1 cm³/mol. The van der Waals surface area contributed by atoms with Gasteiger partial charge in [-0.3, -0.25) is 10.1 Å². The van der Waals surface area contributed by atoms with Gasteiger partial charge in [-0.1, -0.05) is 35.9 Å². The molecule has 126 valence electrons. The van der Waals surface area contributed by atoms with E-state index in [9.17, 15) is 18.5 Å². The van der Waals surface area contributed by atoms with E-state index in [-0.39, 0.29) is 16.6 Å². The third-order valence-corrected chi connectivity index (χ3v) is 6.21. The molecule has 1 saturated heterocycles. The number of hydrogen-bond acceptors (Lipinski definition) is 4. The normalized spacial score (nSPS) is 18.6. The zero-order valence-electron chi connectivity index (χ0n) is 13.3. The fourth-order valence-corrected chi connectivity index (χ4v) is 4.77. The fraction of sp³-hybridized carbons (Fsp3) is 0.294. The molecule has 0 N–H and O–H groups in total. The maximum Gasteiger partial charge on any atom is 0.270 e. The Morgan fingerprint density at radius 3 is 2.54 bits per heavy atom. The van der Waals surface area contributed by atoms with E-state index in [2.05, 4.69) is 0 Å². The smallest absolute Gasteiger partial charge is 0.258 e. The Morgan fingerprint density at radius 1 is 1.17 bits per heavy atom. The van der Waals surface area contributed by atoms with Crippen LogP contribution in [0.2, 0.25) is 0 Å². The standard InChI is InChI=1S/C17H18N2O4S/c1-13-7-9-14(10-8-13)17-6-3-11-18(17)24(22,23)16-5-2-4-15(12-16)19(20)21/h2,4-5,7-10,12,17H,3,6,11H2,1H3/t17-/m0/s1. The van der Waals surface area contributed by atoms with Crippen molar-refractivity contribution in [1.29, 1.82) is 0 Å². The van der Waals surface area contributed by atoms with Crippen LogP contribution in [0, 0.1) is 17.0 Å². The van der Waals surface area contributed by atoms with Crippen LogP contribution in [0.25, 0.3) is 0 Å². The van der Waals surface area contributed by atoms with Crippen LogP contribution >= 0.6 is 0 Å². The molecule has 3 rings (SSSR count). The van der Waals surface area contributed by atoms with Gasteiger partial charge in [0.25, 0.3) is 5.69 Å². The van der Waals surface area contributed by atoms with Crippen molar-refractivity contribution in [2.75, 3.05) is 6.54 Å². The first kappa shape index (κ1) is 16.6. The molecule has 7 heteroatoms. The van der Waals surface area contributed by atoms with Crippen LogP contribution in [0.5, 0.6) is 0 Å². The highest BCUT2D eigenvalue weighted by Crippen LogP contribution is 2.37. The number of aryl methyl sites for hydroxylation is 1. The molecule has 0 aromatic heterocycles. The summed E-state index contributed by atoms with van der Waals surface area (Å²) >= 11 is 0. The summed E-state index contributed by atoms with van der Waals surface area (Å²) in [7, 11) is -3.77. The van der Waals surface area contributed by atoms with Crippen molar-refractivity contribution < 1.29 is 13.3 Å². The number of nitro groups is 1. The second-order valence-electron chi connectivity index (χ2n) is 5.94. The van der Waals surface area contributed by atoms with E-state index in [0.29, 0.717) is 6.54 Å². The van der Waals surface area contributed by atoms with E-state index in [1.54, 1.807) is 0 Å². The summed E-state index contributed by atoms with van der Waals surface area (Å²) in [5.74, 6) is 0. The van der Waals surface area contributed by atoms with Gasteiger partial charge in [-0.2, -0.15) is 4.31 Å². The lowest BCUT2D eigenvalue weighted by molar-refractivity contribution is -0.385. The minimum absolute atomic E-state index is 0.0317. The third-order valence-electron chi connectivity index (χ3n) is 4.30. The molecule has 0 bridgehead atoms. The highest BCUT2D eigenvalue weighted by Gasteiger charge is 2.36. The maximum absolute atomic E-state index is 13.0. The van der Waals surface area contributed by atoms with Gasteiger partial charge in [0.05, 0.1) is 15.9 Å². The monoisotopic (exact) mass is 346 g/mol. The van der Waals surface area contributed by atoms with E-state index < -0.39 is 14.9 Å². The highest BCUT2D eigenvalue weighted by molar-refractivity contribution is 7.89. The molecule has 1 fully saturated rings. The van der Waals surface area contributed by atoms with Crippen LogP contribution in [-0.4, -0.2) is 24.2 Å². The second-order valence-corrected chi connectivity index (χ2v) is 7.83. The molecule has 0 saturated carbocycles. The lowest BCUT2D eigenvalue weighted by Crippen LogP contribution is -2.30. The summed E-state index contributed by atoms with van der Waals surface area (Å²) in [5.41, 5.74) is 1.85. The van der Waals surface area contributed by atoms with Crippen LogP contribution in [0.4, 0.5) is 5.69 Å². The number of benzene rings is 2. The quantitative estimate of drug-likeness (QED) is 0.627. The van der Waals surface area contributed by atoms with E-state index >= 15 is 0 Å². The molecule has 0 unspecified atom stereocenters. The lowest BCUT2D eigenvalue weighted by atomic mass is 10.0. The zero-order chi connectivity index (χ0) is 17.3. The molecule has 1 heterocycles. The molecule has 2 aromatic carbocycles. The maximum atomic E-state index is 13.0. The molecule has 2 aromatic rings. The van der Waals surface area contributed by atoms with Gasteiger partial charge >= 0.3 is 0 Å². The third kappa shape index (κ3) is 3.05. The summed E-state index contributed by atoms with van der Waals surface area (Å²) in [6, 6.07) is 12.8. The van der Waals surface area contributed by atoms with Crippen LogP contribution in [0.3, 0.4) is 0 Å². The lowest BCUT2D eigenvalue weighted by Gasteiger charge is -2.24. The van der Waals surface area contributed by atoms with E-state index in [1.807, 2.05) is 31.2 Å². The van der Waals surface area contributed by atoms with E-state index in [4.69, 9.17) is 0 Å². The van der Waals surface area contributed by atoms with Crippen molar-refractivity contribution in [3.05, 3.63) is 69.8 Å². The Morgan fingerprint density at radius 2 is 1.88 bits per heavy atom. The number of nitro benzene ring substituents is 1. The Kier molecular flexibility index (Phi) is 4.38. The molecule has 0 spiro atoms. The second kappa shape index (κ2) is 6.33. The number of hydrogen-bond donors (Lipinski definition) is 0. The van der Waals surface area contributed by atoms with Crippen molar-refractivity contribution >= 4 is 15.7 Å². The minimum Gasteiger partial charge on any atom is -0.258 e. The predicted octanol–water partition coefficient (Wildman–Crippen LogP) is 3.43. The summed E-state index contributed by atoms with van der Waals surface area (Å²) in [4.78, 5) is 10.3. The zero-order valence-corrected chi connectivity index (χ0v) is 14.1. The largest absolute Gasteiger partial charge is 0.270 e. The molecular weight excluding hydrogens is 328 g/mol. The van der Waals surface area contributed by atoms with E-state index in [1.165, 1.54) is 22.5 Å². The topological polar surface area (TPSA) is 80.5 Å². The van der Waals surface area contributed by atoms with Gasteiger partial charge < -0.3 is 0 Å². The molecule has 1 atom stereocenters. The Labute approximate surface area is 140 Å². The molecule has 24 heavy (non-hydrogen) atoms. The summed E-state index contributed by atoms with van der Waals surface area (Å²) < 4.78 is 27.4. The number of sulfonamides is 1. The number of rotatable bonds is 4. The molecule has 1 aliphatic heterocycles. The van der Waals surface area contributed by atoms with E-state index in [0.717, 1.165) is 30.0 Å². The minimum atomic E-state index is -3.77. The number of nitrogens with zero attached hydrogens (tertiary/aromatic N) is 2. The molecule has 1 aliphatic rings. The first-order valence-electron chi connectivity index (χ1n) is 7.72. The first-order chi connectivity index (χ1) is 11.4.